The Balaban J connectivity index is 2.46. The normalized spacial score (nSPS) is 11.5. The van der Waals surface area contributed by atoms with E-state index < -0.39 is 38.2 Å². The summed E-state index contributed by atoms with van der Waals surface area (Å²) in [5, 5.41) is 0. The van der Waals surface area contributed by atoms with Crippen molar-refractivity contribution in [2.24, 2.45) is 0 Å². The molecule has 112 valence electrons. The second-order valence-electron chi connectivity index (χ2n) is 4.24. The molecule has 0 atom stereocenters. The minimum atomic E-state index is -4.47. The smallest absolute Gasteiger partial charge is 0.264 e. The fourth-order valence-corrected chi connectivity index (χ4v) is 2.86. The Labute approximate surface area is 118 Å². The molecule has 0 aliphatic heterocycles. The van der Waals surface area contributed by atoms with E-state index in [0.29, 0.717) is 12.1 Å². The maximum atomic E-state index is 13.5. The summed E-state index contributed by atoms with van der Waals surface area (Å²) < 4.78 is 78.4. The number of sulfonamides is 1. The number of halogens is 4. The molecule has 0 aromatic heterocycles. The minimum absolute atomic E-state index is 0.000494. The molecular weight excluding hydrogens is 310 g/mol. The summed E-state index contributed by atoms with van der Waals surface area (Å²) in [6.07, 6.45) is 0. The van der Waals surface area contributed by atoms with Crippen LogP contribution < -0.4 is 4.72 Å². The van der Waals surface area contributed by atoms with Crippen molar-refractivity contribution in [1.82, 2.24) is 0 Å². The van der Waals surface area contributed by atoms with Crippen molar-refractivity contribution < 1.29 is 26.0 Å². The first-order valence-electron chi connectivity index (χ1n) is 5.65. The van der Waals surface area contributed by atoms with Gasteiger partial charge < -0.3 is 0 Å². The van der Waals surface area contributed by atoms with Crippen LogP contribution in [0.3, 0.4) is 0 Å². The van der Waals surface area contributed by atoms with Crippen LogP contribution in [0, 0.1) is 30.2 Å². The molecule has 0 radical (unpaired) electrons. The first-order valence-corrected chi connectivity index (χ1v) is 7.13. The number of aryl methyl sites for hydroxylation is 1. The molecule has 2 rings (SSSR count). The number of rotatable bonds is 3. The molecule has 0 saturated heterocycles. The quantitative estimate of drug-likeness (QED) is 0.696. The van der Waals surface area contributed by atoms with Gasteiger partial charge in [-0.2, -0.15) is 0 Å². The number of benzene rings is 2. The van der Waals surface area contributed by atoms with Gasteiger partial charge in [0.05, 0.1) is 5.69 Å². The van der Waals surface area contributed by atoms with Crippen molar-refractivity contribution in [2.45, 2.75) is 11.8 Å². The average Bonchev–Trinajstić information content (AvgIpc) is 2.39. The van der Waals surface area contributed by atoms with Gasteiger partial charge in [-0.25, -0.2) is 26.0 Å². The number of hydrogen-bond donors (Lipinski definition) is 1. The molecule has 0 heterocycles. The van der Waals surface area contributed by atoms with Gasteiger partial charge in [-0.05, 0) is 42.8 Å². The predicted molar refractivity (Wildman–Crippen MR) is 68.3 cm³/mol. The molecular formula is C13H9F4NO2S. The molecule has 0 saturated carbocycles. The van der Waals surface area contributed by atoms with E-state index in [1.54, 1.807) is 0 Å². The van der Waals surface area contributed by atoms with Crippen molar-refractivity contribution in [2.75, 3.05) is 4.72 Å². The second kappa shape index (κ2) is 5.36. The summed E-state index contributed by atoms with van der Waals surface area (Å²) in [6.45, 7) is 1.43. The summed E-state index contributed by atoms with van der Waals surface area (Å²) in [7, 11) is -4.47. The van der Waals surface area contributed by atoms with Gasteiger partial charge in [0.2, 0.25) is 0 Å². The lowest BCUT2D eigenvalue weighted by atomic mass is 10.2. The molecule has 1 N–H and O–H groups in total. The van der Waals surface area contributed by atoms with E-state index in [-0.39, 0.29) is 11.3 Å². The molecule has 8 heteroatoms. The van der Waals surface area contributed by atoms with Gasteiger partial charge in [-0.3, -0.25) is 4.72 Å². The summed E-state index contributed by atoms with van der Waals surface area (Å²) in [5.41, 5.74) is 0.252. The largest absolute Gasteiger partial charge is 0.279 e. The van der Waals surface area contributed by atoms with Gasteiger partial charge >= 0.3 is 0 Å². The monoisotopic (exact) mass is 319 g/mol. The van der Waals surface area contributed by atoms with E-state index >= 15 is 0 Å². The third-order valence-corrected chi connectivity index (χ3v) is 4.11. The van der Waals surface area contributed by atoms with Gasteiger partial charge in [0.25, 0.3) is 10.0 Å². The molecule has 2 aromatic carbocycles. The van der Waals surface area contributed by atoms with Crippen LogP contribution in [0.15, 0.2) is 35.2 Å². The van der Waals surface area contributed by atoms with E-state index in [0.717, 1.165) is 18.2 Å². The minimum Gasteiger partial charge on any atom is -0.279 e. The number of anilines is 1. The van der Waals surface area contributed by atoms with Crippen molar-refractivity contribution >= 4 is 15.7 Å². The highest BCUT2D eigenvalue weighted by Crippen LogP contribution is 2.24. The predicted octanol–water partition coefficient (Wildman–Crippen LogP) is 3.35. The highest BCUT2D eigenvalue weighted by molar-refractivity contribution is 7.92. The summed E-state index contributed by atoms with van der Waals surface area (Å²) in [5.74, 6) is -5.77. The van der Waals surface area contributed by atoms with Gasteiger partial charge in [0, 0.05) is 0 Å². The lowest BCUT2D eigenvalue weighted by Gasteiger charge is -2.11. The molecule has 0 aliphatic rings. The van der Waals surface area contributed by atoms with Crippen molar-refractivity contribution in [3.63, 3.8) is 0 Å². The number of hydrogen-bond acceptors (Lipinski definition) is 2. The topological polar surface area (TPSA) is 46.2 Å². The highest BCUT2D eigenvalue weighted by atomic mass is 32.2. The van der Waals surface area contributed by atoms with E-state index in [4.69, 9.17) is 0 Å². The maximum Gasteiger partial charge on any atom is 0.264 e. The fraction of sp³-hybridized carbons (Fsp3) is 0.0769. The van der Waals surface area contributed by atoms with Crippen LogP contribution in [0.25, 0.3) is 0 Å². The lowest BCUT2D eigenvalue weighted by Crippen LogP contribution is -2.16. The molecule has 0 bridgehead atoms. The van der Waals surface area contributed by atoms with Crippen molar-refractivity contribution in [1.29, 1.82) is 0 Å². The summed E-state index contributed by atoms with van der Waals surface area (Å²) in [6, 6.07) is 4.32. The van der Waals surface area contributed by atoms with Crippen LogP contribution in [0.4, 0.5) is 23.2 Å². The van der Waals surface area contributed by atoms with E-state index in [1.165, 1.54) is 6.92 Å². The first kappa shape index (κ1) is 15.3. The molecule has 0 unspecified atom stereocenters. The molecule has 0 spiro atoms. The molecule has 3 nitrogen and oxygen atoms in total. The summed E-state index contributed by atoms with van der Waals surface area (Å²) in [4.78, 5) is -1.04. The Bertz CT molecular complexity index is 806. The van der Waals surface area contributed by atoms with E-state index in [2.05, 4.69) is 0 Å². The van der Waals surface area contributed by atoms with Crippen LogP contribution in [-0.2, 0) is 10.0 Å². The third kappa shape index (κ3) is 2.99. The molecule has 0 fully saturated rings. The highest BCUT2D eigenvalue weighted by Gasteiger charge is 2.24. The average molecular weight is 319 g/mol. The van der Waals surface area contributed by atoms with Gasteiger partial charge in [-0.15, -0.1) is 0 Å². The van der Waals surface area contributed by atoms with Gasteiger partial charge in [0.1, 0.15) is 10.7 Å². The van der Waals surface area contributed by atoms with Crippen LogP contribution in [0.5, 0.6) is 0 Å². The first-order chi connectivity index (χ1) is 9.72. The second-order valence-corrected chi connectivity index (χ2v) is 5.89. The maximum absolute atomic E-state index is 13.5. The molecule has 0 aliphatic carbocycles. The van der Waals surface area contributed by atoms with Gasteiger partial charge in [0.15, 0.2) is 17.5 Å². The Kier molecular flexibility index (Phi) is 3.91. The van der Waals surface area contributed by atoms with E-state index in [1.807, 2.05) is 4.72 Å². The Morgan fingerprint density at radius 2 is 1.62 bits per heavy atom. The van der Waals surface area contributed by atoms with Crippen LogP contribution >= 0.6 is 0 Å². The molecule has 2 aromatic rings. The Morgan fingerprint density at radius 1 is 0.952 bits per heavy atom. The van der Waals surface area contributed by atoms with Crippen LogP contribution in [0.1, 0.15) is 5.56 Å². The zero-order chi connectivity index (χ0) is 15.8. The Hall–Kier alpha value is -2.09. The van der Waals surface area contributed by atoms with Crippen molar-refractivity contribution in [3.05, 3.63) is 59.2 Å². The van der Waals surface area contributed by atoms with E-state index in [9.17, 15) is 26.0 Å². The zero-order valence-electron chi connectivity index (χ0n) is 10.6. The van der Waals surface area contributed by atoms with Crippen molar-refractivity contribution in [3.8, 4) is 0 Å². The number of nitrogens with one attached hydrogen (secondary N) is 1. The third-order valence-electron chi connectivity index (χ3n) is 2.72. The van der Waals surface area contributed by atoms with Crippen LogP contribution in [0.2, 0.25) is 0 Å². The molecule has 0 amide bonds. The fourth-order valence-electron chi connectivity index (χ4n) is 1.66. The zero-order valence-corrected chi connectivity index (χ0v) is 11.4. The van der Waals surface area contributed by atoms with Crippen LogP contribution in [-0.4, -0.2) is 8.42 Å². The summed E-state index contributed by atoms with van der Waals surface area (Å²) >= 11 is 0. The lowest BCUT2D eigenvalue weighted by molar-refractivity contribution is 0.432. The standard InChI is InChI=1S/C13H9F4NO2S/c1-7-6-8(14)2-4-10(7)18-21(19,20)11-5-3-9(15)12(16)13(11)17/h2-6,18H,1H3. The molecule has 21 heavy (non-hydrogen) atoms. The van der Waals surface area contributed by atoms with Gasteiger partial charge in [-0.1, -0.05) is 0 Å². The Morgan fingerprint density at radius 3 is 2.24 bits per heavy atom. The SMILES string of the molecule is Cc1cc(F)ccc1NS(=O)(=O)c1ccc(F)c(F)c1F.